The maximum absolute atomic E-state index is 3.79. The van der Waals surface area contributed by atoms with Gasteiger partial charge in [0.2, 0.25) is 0 Å². The Balaban J connectivity index is 2.76. The summed E-state index contributed by atoms with van der Waals surface area (Å²) in [4.78, 5) is 3.71. The van der Waals surface area contributed by atoms with Gasteiger partial charge < -0.3 is 0 Å². The third-order valence-corrected chi connectivity index (χ3v) is 0.953. The van der Waals surface area contributed by atoms with E-state index in [0.29, 0.717) is 6.17 Å². The van der Waals surface area contributed by atoms with Crippen LogP contribution in [0, 0.1) is 0 Å². The van der Waals surface area contributed by atoms with Gasteiger partial charge in [-0.25, -0.2) is 4.98 Å². The number of nitrogens with zero attached hydrogens (tertiary/aromatic N) is 3. The van der Waals surface area contributed by atoms with Crippen LogP contribution >= 0.6 is 0 Å². The molecule has 0 spiro atoms. The Bertz CT molecular complexity index is 125. The van der Waals surface area contributed by atoms with Crippen LogP contribution < -0.4 is 0 Å². The lowest BCUT2D eigenvalue weighted by Gasteiger charge is -1.85. The quantitative estimate of drug-likeness (QED) is 0.452. The van der Waals surface area contributed by atoms with Crippen LogP contribution in [0.2, 0.25) is 0 Å². The normalized spacial score (nSPS) is 9.29. The molecule has 1 heterocycles. The minimum atomic E-state index is 0.708. The topological polar surface area (TPSA) is 30.7 Å². The number of hydrogen-bond acceptors (Lipinski definition) is 2. The van der Waals surface area contributed by atoms with Crippen molar-refractivity contribution < 1.29 is 0 Å². The molecule has 0 saturated heterocycles. The van der Waals surface area contributed by atoms with Crippen molar-refractivity contribution in [1.82, 2.24) is 14.8 Å². The summed E-state index contributed by atoms with van der Waals surface area (Å²) in [6.07, 6.45) is 3.85. The molecule has 0 aromatic carbocycles. The Morgan fingerprint density at radius 2 is 2.57 bits per heavy atom. The average molecular weight is 110 g/mol. The molecule has 0 N–H and O–H groups in total. The lowest BCUT2D eigenvalue weighted by molar-refractivity contribution is 0.741. The second kappa shape index (κ2) is 1.88. The predicted octanol–water partition coefficient (Wildman–Crippen LogP) is -0.596. The molecule has 0 unspecified atom stereocenters. The van der Waals surface area contributed by atoms with E-state index in [-0.39, 0.29) is 0 Å². The first-order valence-electron chi connectivity index (χ1n) is 1.90. The number of rotatable bonds is 1. The van der Waals surface area contributed by atoms with Gasteiger partial charge in [-0.3, -0.25) is 4.68 Å². The zero-order chi connectivity index (χ0) is 5.11. The fourth-order valence-corrected chi connectivity index (χ4v) is 0.478. The second-order valence-electron chi connectivity index (χ2n) is 1.09. The van der Waals surface area contributed by atoms with Gasteiger partial charge in [0.15, 0.2) is 0 Å². The standard InChI is InChI=1S/C3H4N3Si/c7-3-6-2-4-1-5-6/h1-2H,3H2. The Labute approximate surface area is 44.8 Å². The molecule has 4 heteroatoms. The molecule has 3 radical (unpaired) electrons. The molecule has 0 aliphatic rings. The van der Waals surface area contributed by atoms with Gasteiger partial charge in [0.1, 0.15) is 12.7 Å². The van der Waals surface area contributed by atoms with Crippen LogP contribution in [-0.4, -0.2) is 25.0 Å². The highest BCUT2D eigenvalue weighted by molar-refractivity contribution is 6.06. The summed E-state index contributed by atoms with van der Waals surface area (Å²) in [6.45, 7) is 0. The molecule has 0 aliphatic heterocycles. The van der Waals surface area contributed by atoms with Gasteiger partial charge in [-0.15, -0.1) is 0 Å². The van der Waals surface area contributed by atoms with Gasteiger partial charge >= 0.3 is 0 Å². The molecule has 0 saturated carbocycles. The lowest BCUT2D eigenvalue weighted by atomic mass is 11.2. The molecule has 0 fully saturated rings. The third kappa shape index (κ3) is 0.864. The fraction of sp³-hybridized carbons (Fsp3) is 0.333. The maximum Gasteiger partial charge on any atom is 0.137 e. The van der Waals surface area contributed by atoms with E-state index in [0.717, 1.165) is 0 Å². The van der Waals surface area contributed by atoms with Crippen molar-refractivity contribution in [3.05, 3.63) is 12.7 Å². The van der Waals surface area contributed by atoms with Crippen molar-refractivity contribution in [2.24, 2.45) is 0 Å². The summed E-state index contributed by atoms with van der Waals surface area (Å²) >= 11 is 0. The molecule has 0 bridgehead atoms. The van der Waals surface area contributed by atoms with Crippen molar-refractivity contribution in [3.63, 3.8) is 0 Å². The summed E-state index contributed by atoms with van der Waals surface area (Å²) < 4.78 is 1.68. The van der Waals surface area contributed by atoms with Gasteiger partial charge in [0.25, 0.3) is 0 Å². The van der Waals surface area contributed by atoms with Crippen LogP contribution in [0.4, 0.5) is 0 Å². The molecule has 35 valence electrons. The highest BCUT2D eigenvalue weighted by Crippen LogP contribution is 1.71. The minimum Gasteiger partial charge on any atom is -0.257 e. The Morgan fingerprint density at radius 3 is 2.86 bits per heavy atom. The van der Waals surface area contributed by atoms with E-state index in [4.69, 9.17) is 0 Å². The Morgan fingerprint density at radius 1 is 1.71 bits per heavy atom. The number of aromatic nitrogens is 3. The summed E-state index contributed by atoms with van der Waals surface area (Å²) in [6, 6.07) is 0. The zero-order valence-electron chi connectivity index (χ0n) is 3.70. The molecule has 7 heavy (non-hydrogen) atoms. The predicted molar refractivity (Wildman–Crippen MR) is 25.8 cm³/mol. The van der Waals surface area contributed by atoms with Gasteiger partial charge in [-0.2, -0.15) is 5.10 Å². The SMILES string of the molecule is [Si]Cn1cncn1. The largest absolute Gasteiger partial charge is 0.257 e. The summed E-state index contributed by atoms with van der Waals surface area (Å²) in [7, 11) is 3.24. The molecule has 0 aliphatic carbocycles. The third-order valence-electron chi connectivity index (χ3n) is 0.629. The lowest BCUT2D eigenvalue weighted by Crippen LogP contribution is -1.95. The average Bonchev–Trinajstić information content (AvgIpc) is 2.14. The van der Waals surface area contributed by atoms with Gasteiger partial charge in [-0.05, 0) is 0 Å². The van der Waals surface area contributed by atoms with E-state index in [9.17, 15) is 0 Å². The molecule has 1 aromatic rings. The molecule has 0 atom stereocenters. The summed E-state index contributed by atoms with van der Waals surface area (Å²) in [5, 5.41) is 3.79. The van der Waals surface area contributed by atoms with Crippen LogP contribution in [0.5, 0.6) is 0 Å². The fourth-order valence-electron chi connectivity index (χ4n) is 0.314. The van der Waals surface area contributed by atoms with Crippen molar-refractivity contribution in [2.45, 2.75) is 6.17 Å². The number of hydrogen-bond donors (Lipinski definition) is 0. The Kier molecular flexibility index (Phi) is 1.21. The molecule has 1 rings (SSSR count). The van der Waals surface area contributed by atoms with Gasteiger partial charge in [0.05, 0.1) is 10.2 Å². The van der Waals surface area contributed by atoms with Gasteiger partial charge in [-0.1, -0.05) is 0 Å². The van der Waals surface area contributed by atoms with Crippen molar-refractivity contribution in [3.8, 4) is 0 Å². The van der Waals surface area contributed by atoms with Crippen LogP contribution in [0.15, 0.2) is 12.7 Å². The highest BCUT2D eigenvalue weighted by Gasteiger charge is 1.78. The van der Waals surface area contributed by atoms with E-state index >= 15 is 0 Å². The van der Waals surface area contributed by atoms with Crippen LogP contribution in [-0.2, 0) is 6.17 Å². The van der Waals surface area contributed by atoms with E-state index < -0.39 is 0 Å². The van der Waals surface area contributed by atoms with Crippen LogP contribution in [0.3, 0.4) is 0 Å². The molecule has 1 aromatic heterocycles. The summed E-state index contributed by atoms with van der Waals surface area (Å²) in [5.74, 6) is 0. The molecule has 3 nitrogen and oxygen atoms in total. The van der Waals surface area contributed by atoms with Crippen molar-refractivity contribution in [2.75, 3.05) is 0 Å². The molecular weight excluding hydrogens is 106 g/mol. The van der Waals surface area contributed by atoms with E-state index in [1.807, 2.05) is 0 Å². The maximum atomic E-state index is 3.79. The smallest absolute Gasteiger partial charge is 0.137 e. The summed E-state index contributed by atoms with van der Waals surface area (Å²) in [5.41, 5.74) is 0. The first kappa shape index (κ1) is 4.51. The van der Waals surface area contributed by atoms with Crippen molar-refractivity contribution in [1.29, 1.82) is 0 Å². The zero-order valence-corrected chi connectivity index (χ0v) is 4.70. The highest BCUT2D eigenvalue weighted by atomic mass is 28.1. The van der Waals surface area contributed by atoms with E-state index in [1.165, 1.54) is 6.33 Å². The first-order chi connectivity index (χ1) is 3.43. The second-order valence-corrected chi connectivity index (χ2v) is 1.41. The van der Waals surface area contributed by atoms with Crippen LogP contribution in [0.25, 0.3) is 0 Å². The first-order valence-corrected chi connectivity index (χ1v) is 2.61. The minimum absolute atomic E-state index is 0.708. The molecular formula is C3H4N3Si. The van der Waals surface area contributed by atoms with Crippen LogP contribution in [0.1, 0.15) is 0 Å². The van der Waals surface area contributed by atoms with Gasteiger partial charge in [0, 0.05) is 6.17 Å². The Hall–Kier alpha value is -0.643. The van der Waals surface area contributed by atoms with E-state index in [2.05, 4.69) is 20.3 Å². The monoisotopic (exact) mass is 110 g/mol. The molecule has 0 amide bonds. The van der Waals surface area contributed by atoms with E-state index in [1.54, 1.807) is 11.0 Å². The van der Waals surface area contributed by atoms with Crippen molar-refractivity contribution >= 4 is 10.2 Å².